The molecule has 0 N–H and O–H groups in total. The average Bonchev–Trinajstić information content (AvgIpc) is 3.28. The lowest BCUT2D eigenvalue weighted by Crippen LogP contribution is -2.44. The molecule has 0 spiro atoms. The van der Waals surface area contributed by atoms with Crippen molar-refractivity contribution in [2.75, 3.05) is 13.2 Å². The fourth-order valence-corrected chi connectivity index (χ4v) is 4.28. The highest BCUT2D eigenvalue weighted by Gasteiger charge is 2.38. The van der Waals surface area contributed by atoms with Crippen molar-refractivity contribution in [3.63, 3.8) is 0 Å². The molecule has 0 radical (unpaired) electrons. The van der Waals surface area contributed by atoms with Gasteiger partial charge in [-0.1, -0.05) is 48.5 Å². The first-order valence-corrected chi connectivity index (χ1v) is 10.2. The first-order valence-electron chi connectivity index (χ1n) is 10.2. The van der Waals surface area contributed by atoms with Gasteiger partial charge in [-0.3, -0.25) is 4.90 Å². The third-order valence-corrected chi connectivity index (χ3v) is 5.50. The lowest BCUT2D eigenvalue weighted by molar-refractivity contribution is -0.159. The van der Waals surface area contributed by atoms with E-state index in [1.54, 1.807) is 0 Å². The summed E-state index contributed by atoms with van der Waals surface area (Å²) in [5.41, 5.74) is 4.15. The molecule has 1 aliphatic heterocycles. The summed E-state index contributed by atoms with van der Waals surface area (Å²) in [4.78, 5) is 26.8. The van der Waals surface area contributed by atoms with E-state index in [4.69, 9.17) is 9.47 Å². The van der Waals surface area contributed by atoms with Gasteiger partial charge in [0.2, 0.25) is 0 Å². The maximum Gasteiger partial charge on any atom is 0.410 e. The summed E-state index contributed by atoms with van der Waals surface area (Å²) in [6.07, 6.45) is 0.938. The predicted molar refractivity (Wildman–Crippen MR) is 111 cm³/mol. The van der Waals surface area contributed by atoms with Crippen LogP contribution in [0, 0.1) is 0 Å². The van der Waals surface area contributed by atoms with Crippen LogP contribution in [0.2, 0.25) is 0 Å². The van der Waals surface area contributed by atoms with Crippen LogP contribution in [0.15, 0.2) is 48.5 Å². The number of carbonyl (C=O) groups is 2. The lowest BCUT2D eigenvalue weighted by Gasteiger charge is -2.27. The summed E-state index contributed by atoms with van der Waals surface area (Å²) >= 11 is 0. The second-order valence-corrected chi connectivity index (χ2v) is 8.69. The van der Waals surface area contributed by atoms with Gasteiger partial charge >= 0.3 is 12.1 Å². The quantitative estimate of drug-likeness (QED) is 0.707. The molecule has 5 nitrogen and oxygen atoms in total. The number of esters is 1. The fourth-order valence-electron chi connectivity index (χ4n) is 4.28. The molecule has 2 aromatic rings. The Morgan fingerprint density at radius 1 is 1.00 bits per heavy atom. The van der Waals surface area contributed by atoms with E-state index in [0.29, 0.717) is 13.0 Å². The molecule has 5 heteroatoms. The van der Waals surface area contributed by atoms with Crippen LogP contribution >= 0.6 is 0 Å². The number of benzene rings is 2. The number of rotatable bonds is 3. The molecule has 1 aliphatic carbocycles. The zero-order valence-electron chi connectivity index (χ0n) is 17.2. The van der Waals surface area contributed by atoms with Crippen LogP contribution in [-0.2, 0) is 14.3 Å². The molecule has 0 bridgehead atoms. The van der Waals surface area contributed by atoms with E-state index in [9.17, 15) is 9.59 Å². The number of nitrogens with zero attached hydrogens (tertiary/aromatic N) is 1. The van der Waals surface area contributed by atoms with Crippen molar-refractivity contribution in [3.05, 3.63) is 59.7 Å². The zero-order valence-corrected chi connectivity index (χ0v) is 17.2. The molecule has 2 aromatic carbocycles. The lowest BCUT2D eigenvalue weighted by atomic mass is 9.98. The molecule has 0 aromatic heterocycles. The average molecular weight is 393 g/mol. The van der Waals surface area contributed by atoms with Crippen LogP contribution in [0.1, 0.15) is 50.7 Å². The SMILES string of the molecule is CC(C)(C)OC(=O)[C@@H]1CCCN1C(=O)OCC1c2ccccc2-c2ccccc21. The van der Waals surface area contributed by atoms with Crippen LogP contribution in [0.4, 0.5) is 4.79 Å². The van der Waals surface area contributed by atoms with Gasteiger partial charge in [-0.2, -0.15) is 0 Å². The summed E-state index contributed by atoms with van der Waals surface area (Å²) in [5.74, 6) is -0.350. The minimum atomic E-state index is -0.577. The highest BCUT2D eigenvalue weighted by Crippen LogP contribution is 2.44. The molecule has 0 saturated carbocycles. The van der Waals surface area contributed by atoms with Crippen molar-refractivity contribution in [2.24, 2.45) is 0 Å². The zero-order chi connectivity index (χ0) is 20.6. The molecular formula is C24H27NO4. The monoisotopic (exact) mass is 393 g/mol. The largest absolute Gasteiger partial charge is 0.458 e. The normalized spacial score (nSPS) is 18.3. The Hall–Kier alpha value is -2.82. The second-order valence-electron chi connectivity index (χ2n) is 8.69. The van der Waals surface area contributed by atoms with Gasteiger partial charge in [0.25, 0.3) is 0 Å². The number of amides is 1. The standard InChI is InChI=1S/C24H27NO4/c1-24(2,3)29-22(26)21-13-8-14-25(21)23(27)28-15-20-18-11-6-4-9-16(18)17-10-5-7-12-19(17)20/h4-7,9-12,20-21H,8,13-15H2,1-3H3/t21-/m0/s1. The van der Waals surface area contributed by atoms with Gasteiger partial charge in [0.1, 0.15) is 18.2 Å². The minimum Gasteiger partial charge on any atom is -0.458 e. The Bertz CT molecular complexity index is 885. The van der Waals surface area contributed by atoms with Crippen LogP contribution in [-0.4, -0.2) is 41.8 Å². The number of likely N-dealkylation sites (tertiary alicyclic amines) is 1. The van der Waals surface area contributed by atoms with E-state index in [-0.39, 0.29) is 18.5 Å². The van der Waals surface area contributed by atoms with Crippen molar-refractivity contribution in [3.8, 4) is 11.1 Å². The van der Waals surface area contributed by atoms with Crippen LogP contribution in [0.25, 0.3) is 11.1 Å². The van der Waals surface area contributed by atoms with Crippen LogP contribution in [0.5, 0.6) is 0 Å². The van der Waals surface area contributed by atoms with Crippen molar-refractivity contribution in [1.29, 1.82) is 0 Å². The first-order chi connectivity index (χ1) is 13.8. The fraction of sp³-hybridized carbons (Fsp3) is 0.417. The van der Waals surface area contributed by atoms with E-state index in [2.05, 4.69) is 24.3 Å². The topological polar surface area (TPSA) is 55.8 Å². The van der Waals surface area contributed by atoms with Gasteiger partial charge in [-0.15, -0.1) is 0 Å². The Morgan fingerprint density at radius 2 is 1.59 bits per heavy atom. The molecular weight excluding hydrogens is 366 g/mol. The van der Waals surface area contributed by atoms with Crippen molar-refractivity contribution in [2.45, 2.75) is 51.2 Å². The highest BCUT2D eigenvalue weighted by atomic mass is 16.6. The van der Waals surface area contributed by atoms with Gasteiger partial charge in [0.15, 0.2) is 0 Å². The predicted octanol–water partition coefficient (Wildman–Crippen LogP) is 4.74. The van der Waals surface area contributed by atoms with Gasteiger partial charge < -0.3 is 9.47 Å². The molecule has 2 aliphatic rings. The number of ether oxygens (including phenoxy) is 2. The molecule has 29 heavy (non-hydrogen) atoms. The summed E-state index contributed by atoms with van der Waals surface area (Å²) < 4.78 is 11.2. The molecule has 1 heterocycles. The molecule has 1 fully saturated rings. The molecule has 1 atom stereocenters. The highest BCUT2D eigenvalue weighted by molar-refractivity contribution is 5.83. The number of fused-ring (bicyclic) bond motifs is 3. The molecule has 4 rings (SSSR count). The van der Waals surface area contributed by atoms with Gasteiger partial charge in [-0.25, -0.2) is 9.59 Å². The second kappa shape index (κ2) is 7.54. The van der Waals surface area contributed by atoms with Gasteiger partial charge in [0, 0.05) is 12.5 Å². The Balaban J connectivity index is 1.47. The Labute approximate surface area is 171 Å². The Morgan fingerprint density at radius 3 is 2.17 bits per heavy atom. The molecule has 0 unspecified atom stereocenters. The van der Waals surface area contributed by atoms with E-state index in [1.807, 2.05) is 45.0 Å². The van der Waals surface area contributed by atoms with Crippen molar-refractivity contribution < 1.29 is 19.1 Å². The van der Waals surface area contributed by atoms with E-state index in [0.717, 1.165) is 6.42 Å². The van der Waals surface area contributed by atoms with E-state index in [1.165, 1.54) is 27.2 Å². The van der Waals surface area contributed by atoms with Crippen molar-refractivity contribution >= 4 is 12.1 Å². The maximum absolute atomic E-state index is 12.8. The van der Waals surface area contributed by atoms with Crippen LogP contribution < -0.4 is 0 Å². The first kappa shape index (κ1) is 19.5. The van der Waals surface area contributed by atoms with Crippen LogP contribution in [0.3, 0.4) is 0 Å². The summed E-state index contributed by atoms with van der Waals surface area (Å²) in [5, 5.41) is 0. The number of hydrogen-bond donors (Lipinski definition) is 0. The molecule has 1 amide bonds. The Kier molecular flexibility index (Phi) is 5.07. The maximum atomic E-state index is 12.8. The smallest absolute Gasteiger partial charge is 0.410 e. The molecule has 152 valence electrons. The molecule has 1 saturated heterocycles. The van der Waals surface area contributed by atoms with Gasteiger partial charge in [0.05, 0.1) is 0 Å². The third-order valence-electron chi connectivity index (χ3n) is 5.50. The van der Waals surface area contributed by atoms with E-state index < -0.39 is 17.7 Å². The number of hydrogen-bond acceptors (Lipinski definition) is 4. The van der Waals surface area contributed by atoms with E-state index >= 15 is 0 Å². The summed E-state index contributed by atoms with van der Waals surface area (Å²) in [7, 11) is 0. The third kappa shape index (κ3) is 3.86. The summed E-state index contributed by atoms with van der Waals surface area (Å²) in [6.45, 7) is 6.26. The summed E-state index contributed by atoms with van der Waals surface area (Å²) in [6, 6.07) is 15.9. The minimum absolute atomic E-state index is 0.00827. The van der Waals surface area contributed by atoms with Gasteiger partial charge in [-0.05, 0) is 55.9 Å². The number of carbonyl (C=O) groups excluding carboxylic acids is 2. The van der Waals surface area contributed by atoms with Crippen molar-refractivity contribution in [1.82, 2.24) is 4.90 Å².